The molecule has 0 unspecified atom stereocenters. The van der Waals surface area contributed by atoms with Crippen molar-refractivity contribution in [3.8, 4) is 0 Å². The lowest BCUT2D eigenvalue weighted by Gasteiger charge is -2.11. The average molecular weight is 1020 g/mol. The Morgan fingerprint density at radius 2 is 1.11 bits per heavy atom. The smallest absolute Gasteiger partial charge is 0.337 e. The lowest BCUT2D eigenvalue weighted by atomic mass is 10.0. The summed E-state index contributed by atoms with van der Waals surface area (Å²) in [6.07, 6.45) is 11.6. The number of pyridine rings is 4. The van der Waals surface area contributed by atoms with Crippen LogP contribution in [0.3, 0.4) is 0 Å². The summed E-state index contributed by atoms with van der Waals surface area (Å²) in [6, 6.07) is 12.8. The number of aromatic carboxylic acids is 1. The van der Waals surface area contributed by atoms with E-state index in [4.69, 9.17) is 10.8 Å². The lowest BCUT2D eigenvalue weighted by molar-refractivity contribution is 0.0695. The van der Waals surface area contributed by atoms with E-state index in [1.165, 1.54) is 24.7 Å². The number of amides is 1. The molecule has 0 spiro atoms. The highest BCUT2D eigenvalue weighted by Gasteiger charge is 2.28. The van der Waals surface area contributed by atoms with Gasteiger partial charge in [-0.15, -0.1) is 0 Å². The molecule has 0 aliphatic rings. The number of carboxylic acids is 1. The normalized spacial score (nSPS) is 11.2. The maximum Gasteiger partial charge on any atom is 0.337 e. The predicted octanol–water partition coefficient (Wildman–Crippen LogP) is 7.46. The summed E-state index contributed by atoms with van der Waals surface area (Å²) in [7, 11) is -7.75. The first-order valence-corrected chi connectivity index (χ1v) is 24.1. The standard InChI is InChI=1S/C23H19F2N5O4S.C18H15F2N3O5S.C5H6N2/c1-2-8-35(33,34)30-18-6-5-17(24)19(20(18)25)21(31)16-12-28-22-15(16)9-13(10-27-22)23(32)29-14-4-3-7-26-11-14;1-2-5-29(27,28)23-13-4-3-12(19)14(15(13)20)16(24)11-8-22-17-10(11)6-9(7-21-17)18(25)26;6-5-2-1-3-7-4-5/h3-7,9-12,30H,2,8H2,1H3,(H,27,28)(H,29,32);3-4,6-8,23H,2,5H2,1H3,(H,21,22)(H,25,26);1-4H,6H2. The molecule has 0 atom stereocenters. The number of fused-ring (bicyclic) bond motifs is 2. The van der Waals surface area contributed by atoms with Crippen LogP contribution < -0.4 is 20.5 Å². The van der Waals surface area contributed by atoms with Crippen molar-refractivity contribution in [3.05, 3.63) is 167 Å². The summed E-state index contributed by atoms with van der Waals surface area (Å²) >= 11 is 0. The van der Waals surface area contributed by atoms with Gasteiger partial charge in [0.1, 0.15) is 22.9 Å². The van der Waals surface area contributed by atoms with Crippen molar-refractivity contribution in [1.82, 2.24) is 29.9 Å². The number of rotatable bonds is 15. The van der Waals surface area contributed by atoms with Crippen LogP contribution in [0, 0.1) is 23.3 Å². The van der Waals surface area contributed by atoms with Gasteiger partial charge in [0.15, 0.2) is 11.6 Å². The number of hydrogen-bond donors (Lipinski definition) is 7. The van der Waals surface area contributed by atoms with Crippen molar-refractivity contribution >= 4 is 88.3 Å². The molecule has 2 aromatic carbocycles. The summed E-state index contributed by atoms with van der Waals surface area (Å²) in [4.78, 5) is 70.7. The first-order valence-electron chi connectivity index (χ1n) is 20.8. The number of ketones is 2. The maximum absolute atomic E-state index is 15.1. The second kappa shape index (κ2) is 22.2. The summed E-state index contributed by atoms with van der Waals surface area (Å²) < 4.78 is 111. The van der Waals surface area contributed by atoms with Crippen molar-refractivity contribution in [1.29, 1.82) is 0 Å². The summed E-state index contributed by atoms with van der Waals surface area (Å²) in [5.41, 5.74) is 3.33. The first-order chi connectivity index (χ1) is 33.7. The summed E-state index contributed by atoms with van der Waals surface area (Å²) in [5.74, 6) is -9.58. The molecular formula is C46H40F4N10O9S2. The van der Waals surface area contributed by atoms with Crippen molar-refractivity contribution < 1.29 is 58.7 Å². The first kappa shape index (κ1) is 51.8. The largest absolute Gasteiger partial charge is 0.478 e. The number of aromatic amines is 2. The number of carboxylic acid groups (broad SMARTS) is 1. The molecule has 71 heavy (non-hydrogen) atoms. The van der Waals surface area contributed by atoms with Gasteiger partial charge in [0, 0.05) is 65.3 Å². The highest BCUT2D eigenvalue weighted by atomic mass is 32.2. The predicted molar refractivity (Wildman–Crippen MR) is 255 cm³/mol. The Morgan fingerprint density at radius 3 is 1.52 bits per heavy atom. The fourth-order valence-electron chi connectivity index (χ4n) is 6.56. The number of H-pyrrole nitrogens is 2. The SMILES string of the molecule is CCCS(=O)(=O)Nc1ccc(F)c(C(=O)c2c[nH]c3ncc(C(=O)Nc4cccnc4)cc23)c1F.CCCS(=O)(=O)Nc1ccc(F)c(C(=O)c2c[nH]c3ncc(C(=O)O)cc23)c1F.Nc1cccnc1. The fourth-order valence-corrected chi connectivity index (χ4v) is 8.83. The number of carbonyl (C=O) groups excluding carboxylic acids is 3. The van der Waals surface area contributed by atoms with Gasteiger partial charge in [0.05, 0.1) is 62.7 Å². The van der Waals surface area contributed by atoms with Gasteiger partial charge in [0.2, 0.25) is 31.6 Å². The third kappa shape index (κ3) is 12.6. The van der Waals surface area contributed by atoms with Gasteiger partial charge in [-0.2, -0.15) is 0 Å². The van der Waals surface area contributed by atoms with Gasteiger partial charge in [0.25, 0.3) is 5.91 Å². The van der Waals surface area contributed by atoms with E-state index in [0.29, 0.717) is 11.4 Å². The molecule has 0 radical (unpaired) electrons. The van der Waals surface area contributed by atoms with Crippen LogP contribution in [0.25, 0.3) is 22.1 Å². The highest BCUT2D eigenvalue weighted by molar-refractivity contribution is 7.92. The topological polar surface area (TPSA) is 302 Å². The van der Waals surface area contributed by atoms with Crippen molar-refractivity contribution in [2.24, 2.45) is 0 Å². The molecule has 0 bridgehead atoms. The molecule has 0 aliphatic carbocycles. The number of benzene rings is 2. The second-order valence-electron chi connectivity index (χ2n) is 15.0. The molecule has 6 aromatic heterocycles. The number of nitrogens with zero attached hydrogens (tertiary/aromatic N) is 4. The molecule has 0 saturated heterocycles. The monoisotopic (exact) mass is 1020 g/mol. The van der Waals surface area contributed by atoms with Gasteiger partial charge in [-0.25, -0.2) is 49.2 Å². The van der Waals surface area contributed by atoms with Crippen LogP contribution >= 0.6 is 0 Å². The highest BCUT2D eigenvalue weighted by Crippen LogP contribution is 2.30. The molecule has 8 N–H and O–H groups in total. The minimum Gasteiger partial charge on any atom is -0.478 e. The van der Waals surface area contributed by atoms with Crippen LogP contribution in [0.15, 0.2) is 110 Å². The third-order valence-electron chi connectivity index (χ3n) is 9.78. The minimum atomic E-state index is -3.88. The Bertz CT molecular complexity index is 3530. The zero-order valence-corrected chi connectivity index (χ0v) is 38.8. The average Bonchev–Trinajstić information content (AvgIpc) is 3.96. The Kier molecular flexibility index (Phi) is 16.2. The van der Waals surface area contributed by atoms with E-state index < -0.39 is 89.3 Å². The van der Waals surface area contributed by atoms with Crippen LogP contribution in [0.4, 0.5) is 40.3 Å². The van der Waals surface area contributed by atoms with Gasteiger partial charge in [-0.3, -0.25) is 33.8 Å². The van der Waals surface area contributed by atoms with Crippen LogP contribution in [0.1, 0.15) is 79.2 Å². The number of halogens is 4. The van der Waals surface area contributed by atoms with Gasteiger partial charge < -0.3 is 26.1 Å². The molecule has 0 saturated carbocycles. The molecule has 368 valence electrons. The fraction of sp³-hybridized carbons (Fsp3) is 0.130. The summed E-state index contributed by atoms with van der Waals surface area (Å²) in [5, 5.41) is 11.9. The molecule has 8 rings (SSSR count). The lowest BCUT2D eigenvalue weighted by Crippen LogP contribution is -2.18. The Morgan fingerprint density at radius 1 is 0.648 bits per heavy atom. The van der Waals surface area contributed by atoms with E-state index in [1.807, 2.05) is 9.44 Å². The Balaban J connectivity index is 0.000000207. The Hall–Kier alpha value is -8.58. The van der Waals surface area contributed by atoms with E-state index in [-0.39, 0.29) is 68.7 Å². The molecule has 8 aromatic rings. The minimum absolute atomic E-state index is 0.0608. The number of nitrogen functional groups attached to an aromatic ring is 1. The zero-order valence-electron chi connectivity index (χ0n) is 37.1. The quantitative estimate of drug-likeness (QED) is 0.0388. The van der Waals surface area contributed by atoms with Crippen molar-refractivity contribution in [2.45, 2.75) is 26.7 Å². The number of carbonyl (C=O) groups is 4. The third-order valence-corrected chi connectivity index (χ3v) is 12.7. The van der Waals surface area contributed by atoms with Crippen molar-refractivity contribution in [3.63, 3.8) is 0 Å². The molecule has 0 fully saturated rings. The molecule has 1 amide bonds. The second-order valence-corrected chi connectivity index (χ2v) is 18.7. The molecule has 6 heterocycles. The molecule has 25 heteroatoms. The number of aromatic nitrogens is 6. The molecule has 0 aliphatic heterocycles. The number of anilines is 4. The number of nitrogens with two attached hydrogens (primary N) is 1. The molecular weight excluding hydrogens is 977 g/mol. The van der Waals surface area contributed by atoms with E-state index in [2.05, 4.69) is 35.2 Å². The Labute approximate surface area is 401 Å². The van der Waals surface area contributed by atoms with Gasteiger partial charge in [-0.05, 0) is 73.5 Å². The van der Waals surface area contributed by atoms with E-state index in [1.54, 1.807) is 56.7 Å². The maximum atomic E-state index is 15.1. The van der Waals surface area contributed by atoms with Crippen LogP contribution in [-0.2, 0) is 20.0 Å². The van der Waals surface area contributed by atoms with Crippen LogP contribution in [-0.4, -0.2) is 86.8 Å². The number of sulfonamides is 2. The van der Waals surface area contributed by atoms with Crippen LogP contribution in [0.5, 0.6) is 0 Å². The van der Waals surface area contributed by atoms with E-state index in [9.17, 15) is 49.2 Å². The van der Waals surface area contributed by atoms with Gasteiger partial charge in [-0.1, -0.05) is 13.8 Å². The van der Waals surface area contributed by atoms with Crippen LogP contribution in [0.2, 0.25) is 0 Å². The zero-order chi connectivity index (χ0) is 51.6. The summed E-state index contributed by atoms with van der Waals surface area (Å²) in [6.45, 7) is 3.25. The van der Waals surface area contributed by atoms with E-state index >= 15 is 4.39 Å². The number of nitrogens with one attached hydrogen (secondary N) is 5. The number of hydrogen-bond acceptors (Lipinski definition) is 13. The van der Waals surface area contributed by atoms with E-state index in [0.717, 1.165) is 42.7 Å². The molecule has 19 nitrogen and oxygen atoms in total. The van der Waals surface area contributed by atoms with Gasteiger partial charge >= 0.3 is 5.97 Å². The van der Waals surface area contributed by atoms with Crippen molar-refractivity contribution in [2.75, 3.05) is 32.0 Å².